The molecule has 2 aromatic rings. The van der Waals surface area contributed by atoms with Gasteiger partial charge in [-0.05, 0) is 63.9 Å². The lowest BCUT2D eigenvalue weighted by Crippen LogP contribution is -2.48. The van der Waals surface area contributed by atoms with E-state index in [0.717, 1.165) is 23.4 Å². The van der Waals surface area contributed by atoms with Crippen LogP contribution in [0.1, 0.15) is 32.8 Å². The Bertz CT molecular complexity index is 780. The van der Waals surface area contributed by atoms with Crippen LogP contribution in [0.25, 0.3) is 5.69 Å². The van der Waals surface area contributed by atoms with Gasteiger partial charge in [0.2, 0.25) is 0 Å². The van der Waals surface area contributed by atoms with Gasteiger partial charge in [0, 0.05) is 24.8 Å². The Morgan fingerprint density at radius 2 is 2.07 bits per heavy atom. The molecule has 1 saturated heterocycles. The lowest BCUT2D eigenvalue weighted by atomic mass is 9.97. The highest BCUT2D eigenvalue weighted by Crippen LogP contribution is 2.20. The maximum absolute atomic E-state index is 12.1. The highest BCUT2D eigenvalue weighted by atomic mass is 16.6. The number of aromatic nitrogens is 2. The van der Waals surface area contributed by atoms with Crippen LogP contribution >= 0.6 is 0 Å². The lowest BCUT2D eigenvalue weighted by molar-refractivity contribution is 0.00439. The molecule has 0 aliphatic carbocycles. The largest absolute Gasteiger partial charge is 0.493 e. The number of alkyl carbamates (subject to hydrolysis) is 1. The number of carbonyl (C=O) groups excluding carboxylic acids is 1. The molecular weight excluding hydrogens is 358 g/mol. The van der Waals surface area contributed by atoms with Crippen LogP contribution < -0.4 is 10.1 Å². The van der Waals surface area contributed by atoms with E-state index in [2.05, 4.69) is 10.4 Å². The molecule has 0 radical (unpaired) electrons. The van der Waals surface area contributed by atoms with Crippen LogP contribution in [0.4, 0.5) is 4.79 Å². The molecule has 1 aromatic carbocycles. The fourth-order valence-electron chi connectivity index (χ4n) is 3.06. The molecule has 0 saturated carbocycles. The molecule has 0 spiro atoms. The molecule has 2 atom stereocenters. The molecule has 1 aliphatic heterocycles. The van der Waals surface area contributed by atoms with Gasteiger partial charge in [-0.15, -0.1) is 0 Å². The summed E-state index contributed by atoms with van der Waals surface area (Å²) in [7, 11) is 0. The first-order chi connectivity index (χ1) is 13.3. The second kappa shape index (κ2) is 8.65. The number of ether oxygens (including phenoxy) is 3. The highest BCUT2D eigenvalue weighted by Gasteiger charge is 2.29. The maximum atomic E-state index is 12.1. The number of amides is 1. The Labute approximate surface area is 166 Å². The predicted octanol–water partition coefficient (Wildman–Crippen LogP) is 3.49. The van der Waals surface area contributed by atoms with Crippen molar-refractivity contribution in [3.8, 4) is 11.4 Å². The van der Waals surface area contributed by atoms with Crippen LogP contribution in [0.2, 0.25) is 0 Å². The van der Waals surface area contributed by atoms with Crippen LogP contribution in [0, 0.1) is 12.8 Å². The van der Waals surface area contributed by atoms with Gasteiger partial charge < -0.3 is 19.5 Å². The van der Waals surface area contributed by atoms with E-state index in [9.17, 15) is 4.79 Å². The van der Waals surface area contributed by atoms with Crippen LogP contribution in [0.3, 0.4) is 0 Å². The van der Waals surface area contributed by atoms with Gasteiger partial charge in [0.1, 0.15) is 11.4 Å². The zero-order chi connectivity index (χ0) is 20.1. The SMILES string of the molecule is Cc1cnn(-c2ccc(OCC3COCCC3NC(=O)OC(C)(C)C)cc2)c1. The zero-order valence-electron chi connectivity index (χ0n) is 17.0. The smallest absolute Gasteiger partial charge is 0.407 e. The molecule has 1 aliphatic rings. The summed E-state index contributed by atoms with van der Waals surface area (Å²) < 4.78 is 18.7. The summed E-state index contributed by atoms with van der Waals surface area (Å²) in [5, 5.41) is 7.27. The van der Waals surface area contributed by atoms with E-state index >= 15 is 0 Å². The Hall–Kier alpha value is -2.54. The normalized spacial score (nSPS) is 19.9. The molecule has 28 heavy (non-hydrogen) atoms. The van der Waals surface area contributed by atoms with E-state index in [1.807, 2.05) is 69.0 Å². The van der Waals surface area contributed by atoms with E-state index in [4.69, 9.17) is 14.2 Å². The minimum Gasteiger partial charge on any atom is -0.493 e. The van der Waals surface area contributed by atoms with E-state index in [0.29, 0.717) is 19.8 Å². The maximum Gasteiger partial charge on any atom is 0.407 e. The van der Waals surface area contributed by atoms with E-state index in [1.165, 1.54) is 0 Å². The minimum absolute atomic E-state index is 0.0325. The van der Waals surface area contributed by atoms with Crippen molar-refractivity contribution < 1.29 is 19.0 Å². The average Bonchev–Trinajstić information content (AvgIpc) is 3.06. The van der Waals surface area contributed by atoms with E-state index in [-0.39, 0.29) is 12.0 Å². The van der Waals surface area contributed by atoms with E-state index < -0.39 is 11.7 Å². The van der Waals surface area contributed by atoms with Crippen molar-refractivity contribution in [2.75, 3.05) is 19.8 Å². The quantitative estimate of drug-likeness (QED) is 0.850. The standard InChI is InChI=1S/C21H29N3O4/c1-15-11-22-24(12-15)17-5-7-18(8-6-17)27-14-16-13-26-10-9-19(16)23-20(25)28-21(2,3)4/h5-8,11-12,16,19H,9-10,13-14H2,1-4H3,(H,23,25). The first kappa shape index (κ1) is 20.2. The van der Waals surface area contributed by atoms with Crippen molar-refractivity contribution in [3.63, 3.8) is 0 Å². The molecule has 1 N–H and O–H groups in total. The van der Waals surface area contributed by atoms with Gasteiger partial charge in [-0.1, -0.05) is 0 Å². The van der Waals surface area contributed by atoms with Gasteiger partial charge in [-0.2, -0.15) is 5.10 Å². The van der Waals surface area contributed by atoms with Gasteiger partial charge in [-0.3, -0.25) is 0 Å². The van der Waals surface area contributed by atoms with Crippen molar-refractivity contribution >= 4 is 6.09 Å². The molecule has 152 valence electrons. The Kier molecular flexibility index (Phi) is 6.24. The fraction of sp³-hybridized carbons (Fsp3) is 0.524. The van der Waals surface area contributed by atoms with Gasteiger partial charge in [0.15, 0.2) is 0 Å². The summed E-state index contributed by atoms with van der Waals surface area (Å²) in [6, 6.07) is 7.75. The summed E-state index contributed by atoms with van der Waals surface area (Å²) in [5.74, 6) is 0.837. The van der Waals surface area contributed by atoms with Crippen molar-refractivity contribution in [2.45, 2.75) is 45.8 Å². The number of benzene rings is 1. The first-order valence-corrected chi connectivity index (χ1v) is 9.62. The topological polar surface area (TPSA) is 74.6 Å². The third-order valence-electron chi connectivity index (χ3n) is 4.45. The number of carbonyl (C=O) groups is 1. The Morgan fingerprint density at radius 1 is 1.32 bits per heavy atom. The lowest BCUT2D eigenvalue weighted by Gasteiger charge is -2.32. The van der Waals surface area contributed by atoms with Crippen molar-refractivity contribution in [2.24, 2.45) is 5.92 Å². The second-order valence-electron chi connectivity index (χ2n) is 8.14. The van der Waals surface area contributed by atoms with Crippen LogP contribution in [0.5, 0.6) is 5.75 Å². The average molecular weight is 387 g/mol. The minimum atomic E-state index is -0.518. The van der Waals surface area contributed by atoms with Gasteiger partial charge in [0.05, 0.1) is 25.1 Å². The molecular formula is C21H29N3O4. The fourth-order valence-corrected chi connectivity index (χ4v) is 3.06. The summed E-state index contributed by atoms with van der Waals surface area (Å²) in [6.07, 6.45) is 4.14. The molecule has 2 unspecified atom stereocenters. The van der Waals surface area contributed by atoms with Crippen molar-refractivity contribution in [3.05, 3.63) is 42.2 Å². The van der Waals surface area contributed by atoms with Crippen molar-refractivity contribution in [1.82, 2.24) is 15.1 Å². The van der Waals surface area contributed by atoms with Crippen LogP contribution in [-0.2, 0) is 9.47 Å². The summed E-state index contributed by atoms with van der Waals surface area (Å²) in [6.45, 7) is 9.19. The molecule has 1 aromatic heterocycles. The molecule has 7 heteroatoms. The summed E-state index contributed by atoms with van der Waals surface area (Å²) >= 11 is 0. The van der Waals surface area contributed by atoms with Crippen LogP contribution in [0.15, 0.2) is 36.7 Å². The van der Waals surface area contributed by atoms with E-state index in [1.54, 1.807) is 0 Å². The molecule has 7 nitrogen and oxygen atoms in total. The molecule has 1 fully saturated rings. The number of hydrogen-bond donors (Lipinski definition) is 1. The van der Waals surface area contributed by atoms with Gasteiger partial charge >= 0.3 is 6.09 Å². The van der Waals surface area contributed by atoms with Gasteiger partial charge in [0.25, 0.3) is 0 Å². The first-order valence-electron chi connectivity index (χ1n) is 9.62. The number of hydrogen-bond acceptors (Lipinski definition) is 5. The highest BCUT2D eigenvalue weighted by molar-refractivity contribution is 5.68. The number of aryl methyl sites for hydroxylation is 1. The molecule has 3 rings (SSSR count). The molecule has 0 bridgehead atoms. The number of nitrogens with one attached hydrogen (secondary N) is 1. The predicted molar refractivity (Wildman–Crippen MR) is 106 cm³/mol. The number of rotatable bonds is 5. The third-order valence-corrected chi connectivity index (χ3v) is 4.45. The Morgan fingerprint density at radius 3 is 2.71 bits per heavy atom. The third kappa shape index (κ3) is 5.73. The summed E-state index contributed by atoms with van der Waals surface area (Å²) in [4.78, 5) is 12.1. The van der Waals surface area contributed by atoms with Crippen LogP contribution in [-0.4, -0.2) is 47.3 Å². The molecule has 2 heterocycles. The summed E-state index contributed by atoms with van der Waals surface area (Å²) in [5.41, 5.74) is 1.57. The molecule has 1 amide bonds. The second-order valence-corrected chi connectivity index (χ2v) is 8.14. The zero-order valence-corrected chi connectivity index (χ0v) is 17.0. The Balaban J connectivity index is 1.55. The monoisotopic (exact) mass is 387 g/mol. The number of nitrogens with zero attached hydrogens (tertiary/aromatic N) is 2. The van der Waals surface area contributed by atoms with Gasteiger partial charge in [-0.25, -0.2) is 9.48 Å². The van der Waals surface area contributed by atoms with Crippen molar-refractivity contribution in [1.29, 1.82) is 0 Å².